The van der Waals surface area contributed by atoms with E-state index in [2.05, 4.69) is 67.8 Å². The molecule has 0 aromatic rings. The van der Waals surface area contributed by atoms with Crippen molar-refractivity contribution in [3.63, 3.8) is 0 Å². The Labute approximate surface area is 287 Å². The molecule has 0 spiro atoms. The third-order valence-corrected chi connectivity index (χ3v) is 8.58. The van der Waals surface area contributed by atoms with Gasteiger partial charge in [0, 0.05) is 13.0 Å². The third-order valence-electron chi connectivity index (χ3n) is 7.60. The molecule has 0 saturated heterocycles. The van der Waals surface area contributed by atoms with Crippen LogP contribution in [0.1, 0.15) is 142 Å². The number of rotatable bonds is 33. The summed E-state index contributed by atoms with van der Waals surface area (Å²) >= 11 is 0. The Hall–Kier alpha value is -1.80. The van der Waals surface area contributed by atoms with Crippen LogP contribution in [-0.2, 0) is 18.4 Å². The van der Waals surface area contributed by atoms with Crippen LogP contribution in [0.2, 0.25) is 0 Å². The number of phosphoric acid groups is 1. The molecule has 5 N–H and O–H groups in total. The van der Waals surface area contributed by atoms with Crippen LogP contribution in [0.5, 0.6) is 0 Å². The van der Waals surface area contributed by atoms with Crippen LogP contribution in [0.15, 0.2) is 60.8 Å². The number of carbonyl (C=O) groups excluding carboxylic acids is 1. The molecule has 3 unspecified atom stereocenters. The van der Waals surface area contributed by atoms with Crippen molar-refractivity contribution in [2.45, 2.75) is 154 Å². The van der Waals surface area contributed by atoms with Crippen LogP contribution in [0, 0.1) is 0 Å². The Bertz CT molecular complexity index is 918. The highest BCUT2D eigenvalue weighted by Crippen LogP contribution is 2.43. The van der Waals surface area contributed by atoms with Crippen molar-refractivity contribution in [3.05, 3.63) is 60.8 Å². The zero-order valence-corrected chi connectivity index (χ0v) is 30.6. The van der Waals surface area contributed by atoms with Gasteiger partial charge >= 0.3 is 7.82 Å². The van der Waals surface area contributed by atoms with Crippen LogP contribution < -0.4 is 11.1 Å². The van der Waals surface area contributed by atoms with Crippen molar-refractivity contribution in [1.29, 1.82) is 0 Å². The van der Waals surface area contributed by atoms with Crippen LogP contribution in [0.25, 0.3) is 0 Å². The minimum absolute atomic E-state index is 0.0712. The fourth-order valence-corrected chi connectivity index (χ4v) is 5.59. The standard InChI is InChI=1S/C38H69N2O6P/c1-3-5-7-9-11-13-15-16-17-18-19-20-22-24-26-28-30-32-38(42)40-36(35-46-47(43,44)45-34-33-39)37(41)31-29-27-25-23-21-14-12-10-8-6-4-2/h5,7,11,13,16-17,19-20,29,31,36-37,41H,3-4,6,8-10,12,14-15,18,21-28,30,32-35,39H2,1-2H3,(H,40,42)(H,43,44)/b7-5-,13-11-,17-16-,20-19-,31-29+. The van der Waals surface area contributed by atoms with Crippen LogP contribution in [0.3, 0.4) is 0 Å². The zero-order valence-electron chi connectivity index (χ0n) is 29.7. The summed E-state index contributed by atoms with van der Waals surface area (Å²) in [4.78, 5) is 22.6. The molecule has 1 amide bonds. The lowest BCUT2D eigenvalue weighted by Crippen LogP contribution is -2.45. The summed E-state index contributed by atoms with van der Waals surface area (Å²) in [7, 11) is -4.34. The molecule has 0 saturated carbocycles. The zero-order chi connectivity index (χ0) is 34.7. The molecule has 0 aliphatic rings. The van der Waals surface area contributed by atoms with Gasteiger partial charge in [-0.1, -0.05) is 139 Å². The number of phosphoric ester groups is 1. The quantitative estimate of drug-likeness (QED) is 0.0308. The second kappa shape index (κ2) is 34.1. The number of carbonyl (C=O) groups is 1. The van der Waals surface area contributed by atoms with Crippen molar-refractivity contribution < 1.29 is 28.4 Å². The average Bonchev–Trinajstić information content (AvgIpc) is 3.05. The number of unbranched alkanes of at least 4 members (excludes halogenated alkanes) is 13. The first-order valence-corrected chi connectivity index (χ1v) is 19.9. The Morgan fingerprint density at radius 3 is 1.81 bits per heavy atom. The molecule has 8 nitrogen and oxygen atoms in total. The summed E-state index contributed by atoms with van der Waals surface area (Å²) in [6.45, 7) is 3.95. The van der Waals surface area contributed by atoms with Crippen LogP contribution in [0.4, 0.5) is 0 Å². The van der Waals surface area contributed by atoms with E-state index < -0.39 is 20.0 Å². The van der Waals surface area contributed by atoms with Crippen molar-refractivity contribution >= 4 is 13.7 Å². The van der Waals surface area contributed by atoms with Gasteiger partial charge in [0.05, 0.1) is 25.4 Å². The summed E-state index contributed by atoms with van der Waals surface area (Å²) in [5, 5.41) is 13.6. The first kappa shape index (κ1) is 45.2. The summed E-state index contributed by atoms with van der Waals surface area (Å²) in [6.07, 6.45) is 41.2. The molecule has 0 aliphatic carbocycles. The molecular weight excluding hydrogens is 611 g/mol. The van der Waals surface area contributed by atoms with E-state index in [9.17, 15) is 19.4 Å². The maximum absolute atomic E-state index is 12.7. The van der Waals surface area contributed by atoms with Gasteiger partial charge in [0.2, 0.25) is 5.91 Å². The minimum atomic E-state index is -4.34. The lowest BCUT2D eigenvalue weighted by atomic mass is 10.1. The third kappa shape index (κ3) is 32.5. The topological polar surface area (TPSA) is 131 Å². The predicted molar refractivity (Wildman–Crippen MR) is 198 cm³/mol. The van der Waals surface area contributed by atoms with Gasteiger partial charge in [-0.15, -0.1) is 0 Å². The predicted octanol–water partition coefficient (Wildman–Crippen LogP) is 9.55. The summed E-state index contributed by atoms with van der Waals surface area (Å²) in [5.41, 5.74) is 5.34. The number of hydrogen-bond acceptors (Lipinski definition) is 6. The van der Waals surface area contributed by atoms with E-state index in [1.807, 2.05) is 6.08 Å². The lowest BCUT2D eigenvalue weighted by molar-refractivity contribution is -0.123. The highest BCUT2D eigenvalue weighted by molar-refractivity contribution is 7.47. The number of hydrogen-bond donors (Lipinski definition) is 4. The Kier molecular flexibility index (Phi) is 32.8. The van der Waals surface area contributed by atoms with Crippen molar-refractivity contribution in [2.75, 3.05) is 19.8 Å². The van der Waals surface area contributed by atoms with E-state index in [0.717, 1.165) is 77.0 Å². The Morgan fingerprint density at radius 1 is 0.723 bits per heavy atom. The second-order valence-electron chi connectivity index (χ2n) is 12.0. The van der Waals surface area contributed by atoms with Crippen molar-refractivity contribution in [3.8, 4) is 0 Å². The molecule has 47 heavy (non-hydrogen) atoms. The molecule has 9 heteroatoms. The van der Waals surface area contributed by atoms with E-state index in [4.69, 9.17) is 14.8 Å². The molecule has 0 aromatic heterocycles. The highest BCUT2D eigenvalue weighted by Gasteiger charge is 2.26. The maximum atomic E-state index is 12.7. The van der Waals surface area contributed by atoms with Gasteiger partial charge in [-0.05, 0) is 57.8 Å². The largest absolute Gasteiger partial charge is 0.472 e. The summed E-state index contributed by atoms with van der Waals surface area (Å²) in [6, 6.07) is -0.873. The van der Waals surface area contributed by atoms with Gasteiger partial charge in [-0.3, -0.25) is 13.8 Å². The molecule has 0 aliphatic heterocycles. The van der Waals surface area contributed by atoms with Gasteiger partial charge in [-0.25, -0.2) is 4.57 Å². The highest BCUT2D eigenvalue weighted by atomic mass is 31.2. The Morgan fingerprint density at radius 2 is 1.23 bits per heavy atom. The number of aliphatic hydroxyl groups excluding tert-OH is 1. The molecule has 0 fully saturated rings. The van der Waals surface area contributed by atoms with E-state index in [-0.39, 0.29) is 25.7 Å². The van der Waals surface area contributed by atoms with Gasteiger partial charge in [-0.2, -0.15) is 0 Å². The van der Waals surface area contributed by atoms with Crippen LogP contribution >= 0.6 is 7.82 Å². The number of nitrogens with two attached hydrogens (primary N) is 1. The minimum Gasteiger partial charge on any atom is -0.387 e. The molecule has 0 bridgehead atoms. The summed E-state index contributed by atoms with van der Waals surface area (Å²) in [5.74, 6) is -0.223. The van der Waals surface area contributed by atoms with E-state index in [1.54, 1.807) is 6.08 Å². The molecule has 0 aromatic carbocycles. The average molecular weight is 681 g/mol. The Balaban J connectivity index is 4.38. The van der Waals surface area contributed by atoms with Crippen molar-refractivity contribution in [1.82, 2.24) is 5.32 Å². The lowest BCUT2D eigenvalue weighted by Gasteiger charge is -2.23. The van der Waals surface area contributed by atoms with Gasteiger partial charge < -0.3 is 21.1 Å². The second-order valence-corrected chi connectivity index (χ2v) is 13.5. The normalized spacial score (nSPS) is 15.1. The van der Waals surface area contributed by atoms with Gasteiger partial charge in [0.1, 0.15) is 0 Å². The van der Waals surface area contributed by atoms with E-state index in [1.165, 1.54) is 44.9 Å². The summed E-state index contributed by atoms with van der Waals surface area (Å²) < 4.78 is 22.0. The maximum Gasteiger partial charge on any atom is 0.472 e. The van der Waals surface area contributed by atoms with Gasteiger partial charge in [0.15, 0.2) is 0 Å². The molecule has 272 valence electrons. The van der Waals surface area contributed by atoms with E-state index >= 15 is 0 Å². The SMILES string of the molecule is CC/C=C\C/C=C\C/C=C\C/C=C\CCCCCCC(=O)NC(COP(=O)(O)OCCN)C(O)/C=C/CCCCCCCCCCC. The first-order valence-electron chi connectivity index (χ1n) is 18.4. The number of nitrogens with one attached hydrogen (secondary N) is 1. The fraction of sp³-hybridized carbons (Fsp3) is 0.711. The molecule has 0 rings (SSSR count). The smallest absolute Gasteiger partial charge is 0.387 e. The fourth-order valence-electron chi connectivity index (χ4n) is 4.83. The number of aliphatic hydroxyl groups is 1. The van der Waals surface area contributed by atoms with Gasteiger partial charge in [0.25, 0.3) is 0 Å². The number of amides is 1. The number of allylic oxidation sites excluding steroid dienone is 9. The van der Waals surface area contributed by atoms with Crippen LogP contribution in [-0.4, -0.2) is 47.8 Å². The van der Waals surface area contributed by atoms with Crippen molar-refractivity contribution in [2.24, 2.45) is 5.73 Å². The first-order chi connectivity index (χ1) is 22.9. The molecular formula is C38H69N2O6P. The molecule has 3 atom stereocenters. The monoisotopic (exact) mass is 680 g/mol. The molecule has 0 heterocycles. The molecule has 0 radical (unpaired) electrons. The van der Waals surface area contributed by atoms with E-state index in [0.29, 0.717) is 6.42 Å².